The van der Waals surface area contributed by atoms with Crippen LogP contribution in [0.5, 0.6) is 0 Å². The molecular weight excluding hydrogens is 255 g/mol. The summed E-state index contributed by atoms with van der Waals surface area (Å²) >= 11 is 0. The van der Waals surface area contributed by atoms with Crippen LogP contribution in [0.15, 0.2) is 53.9 Å². The Bertz CT molecular complexity index is 610. The van der Waals surface area contributed by atoms with Gasteiger partial charge in [0.15, 0.2) is 0 Å². The standard InChI is InChI=1S/C15H15FN4/c16-12-3-1-11(2-4-12)15-14(13(9-17)19-20-15)10-5-7-18-8-6-10/h1-8,13-14,19H,9,17H2. The Balaban J connectivity index is 1.99. The van der Waals surface area contributed by atoms with Crippen molar-refractivity contribution < 1.29 is 4.39 Å². The summed E-state index contributed by atoms with van der Waals surface area (Å²) < 4.78 is 13.1. The third kappa shape index (κ3) is 2.28. The molecule has 0 bridgehead atoms. The Kier molecular flexibility index (Phi) is 3.43. The molecule has 1 aromatic heterocycles. The van der Waals surface area contributed by atoms with Crippen LogP contribution in [0.4, 0.5) is 4.39 Å². The van der Waals surface area contributed by atoms with E-state index in [-0.39, 0.29) is 17.8 Å². The second kappa shape index (κ2) is 5.38. The van der Waals surface area contributed by atoms with Crippen molar-refractivity contribution in [2.24, 2.45) is 10.8 Å². The normalized spacial score (nSPS) is 21.4. The van der Waals surface area contributed by atoms with Crippen LogP contribution >= 0.6 is 0 Å². The van der Waals surface area contributed by atoms with Crippen LogP contribution < -0.4 is 11.2 Å². The molecule has 4 nitrogen and oxygen atoms in total. The molecule has 102 valence electrons. The molecule has 2 atom stereocenters. The zero-order chi connectivity index (χ0) is 13.9. The number of hydrazone groups is 1. The van der Waals surface area contributed by atoms with Gasteiger partial charge >= 0.3 is 0 Å². The van der Waals surface area contributed by atoms with Crippen LogP contribution in [-0.4, -0.2) is 23.3 Å². The van der Waals surface area contributed by atoms with Crippen LogP contribution in [0.2, 0.25) is 0 Å². The molecule has 0 fully saturated rings. The lowest BCUT2D eigenvalue weighted by Crippen LogP contribution is -2.35. The molecule has 0 radical (unpaired) electrons. The number of hydrogen-bond donors (Lipinski definition) is 2. The van der Waals surface area contributed by atoms with E-state index in [1.165, 1.54) is 12.1 Å². The first kappa shape index (κ1) is 12.7. The smallest absolute Gasteiger partial charge is 0.123 e. The molecule has 0 amide bonds. The molecule has 3 N–H and O–H groups in total. The fourth-order valence-corrected chi connectivity index (χ4v) is 2.50. The van der Waals surface area contributed by atoms with E-state index < -0.39 is 0 Å². The van der Waals surface area contributed by atoms with E-state index in [9.17, 15) is 4.39 Å². The molecule has 2 aromatic rings. The van der Waals surface area contributed by atoms with Gasteiger partial charge in [0.2, 0.25) is 0 Å². The summed E-state index contributed by atoms with van der Waals surface area (Å²) in [4.78, 5) is 4.04. The summed E-state index contributed by atoms with van der Waals surface area (Å²) in [6.45, 7) is 0.473. The molecule has 2 heterocycles. The van der Waals surface area contributed by atoms with Crippen molar-refractivity contribution in [2.75, 3.05) is 6.54 Å². The van der Waals surface area contributed by atoms with Gasteiger partial charge in [-0.05, 0) is 35.4 Å². The van der Waals surface area contributed by atoms with Gasteiger partial charge < -0.3 is 11.2 Å². The van der Waals surface area contributed by atoms with Crippen molar-refractivity contribution in [3.63, 3.8) is 0 Å². The van der Waals surface area contributed by atoms with E-state index >= 15 is 0 Å². The Labute approximate surface area is 116 Å². The lowest BCUT2D eigenvalue weighted by atomic mass is 9.86. The Morgan fingerprint density at radius 2 is 1.80 bits per heavy atom. The summed E-state index contributed by atoms with van der Waals surface area (Å²) in [5.74, 6) is -0.204. The quantitative estimate of drug-likeness (QED) is 0.891. The molecule has 0 aliphatic carbocycles. The van der Waals surface area contributed by atoms with E-state index in [1.807, 2.05) is 12.1 Å². The van der Waals surface area contributed by atoms with Crippen molar-refractivity contribution in [2.45, 2.75) is 12.0 Å². The maximum absolute atomic E-state index is 13.1. The summed E-state index contributed by atoms with van der Waals surface area (Å²) in [7, 11) is 0. The van der Waals surface area contributed by atoms with E-state index in [0.717, 1.165) is 16.8 Å². The topological polar surface area (TPSA) is 63.3 Å². The van der Waals surface area contributed by atoms with Crippen molar-refractivity contribution in [1.82, 2.24) is 10.4 Å². The lowest BCUT2D eigenvalue weighted by Gasteiger charge is -2.19. The fraction of sp³-hybridized carbons (Fsp3) is 0.200. The summed E-state index contributed by atoms with van der Waals surface area (Å²) in [5.41, 5.74) is 11.8. The van der Waals surface area contributed by atoms with E-state index in [2.05, 4.69) is 15.5 Å². The number of nitrogens with two attached hydrogens (primary N) is 1. The molecule has 1 aliphatic heterocycles. The van der Waals surface area contributed by atoms with Crippen molar-refractivity contribution in [3.05, 3.63) is 65.7 Å². The van der Waals surface area contributed by atoms with Gasteiger partial charge in [0, 0.05) is 18.9 Å². The second-order valence-electron chi connectivity index (χ2n) is 4.73. The highest BCUT2D eigenvalue weighted by Crippen LogP contribution is 2.28. The minimum Gasteiger partial charge on any atom is -0.328 e. The average Bonchev–Trinajstić information content (AvgIpc) is 2.93. The molecule has 5 heteroatoms. The first-order valence-electron chi connectivity index (χ1n) is 6.48. The molecule has 3 rings (SSSR count). The number of nitrogens with one attached hydrogen (secondary N) is 1. The maximum atomic E-state index is 13.1. The largest absolute Gasteiger partial charge is 0.328 e. The zero-order valence-electron chi connectivity index (χ0n) is 10.8. The molecule has 0 saturated heterocycles. The van der Waals surface area contributed by atoms with Crippen LogP contribution in [0.25, 0.3) is 0 Å². The Morgan fingerprint density at radius 3 is 2.45 bits per heavy atom. The number of aromatic nitrogens is 1. The first-order chi connectivity index (χ1) is 9.79. The number of benzene rings is 1. The van der Waals surface area contributed by atoms with Crippen LogP contribution in [0, 0.1) is 5.82 Å². The maximum Gasteiger partial charge on any atom is 0.123 e. The highest BCUT2D eigenvalue weighted by atomic mass is 19.1. The SMILES string of the molecule is NCC1NN=C(c2ccc(F)cc2)C1c1ccncc1. The number of pyridine rings is 1. The third-order valence-electron chi connectivity index (χ3n) is 3.51. The molecule has 1 aromatic carbocycles. The lowest BCUT2D eigenvalue weighted by molar-refractivity contribution is 0.552. The van der Waals surface area contributed by atoms with E-state index in [4.69, 9.17) is 5.73 Å². The molecule has 0 spiro atoms. The number of nitrogens with zero attached hydrogens (tertiary/aromatic N) is 2. The summed E-state index contributed by atoms with van der Waals surface area (Å²) in [6, 6.07) is 10.3. The molecule has 2 unspecified atom stereocenters. The van der Waals surface area contributed by atoms with Gasteiger partial charge in [-0.25, -0.2) is 4.39 Å². The predicted molar refractivity (Wildman–Crippen MR) is 75.9 cm³/mol. The number of halogens is 1. The van der Waals surface area contributed by atoms with Crippen LogP contribution in [-0.2, 0) is 0 Å². The van der Waals surface area contributed by atoms with Gasteiger partial charge in [-0.1, -0.05) is 12.1 Å². The van der Waals surface area contributed by atoms with Gasteiger partial charge in [-0.15, -0.1) is 0 Å². The van der Waals surface area contributed by atoms with Crippen LogP contribution in [0.3, 0.4) is 0 Å². The average molecular weight is 270 g/mol. The van der Waals surface area contributed by atoms with Crippen molar-refractivity contribution in [1.29, 1.82) is 0 Å². The van der Waals surface area contributed by atoms with E-state index in [1.54, 1.807) is 24.5 Å². The van der Waals surface area contributed by atoms with E-state index in [0.29, 0.717) is 6.54 Å². The highest BCUT2D eigenvalue weighted by Gasteiger charge is 2.32. The Hall–Kier alpha value is -2.27. The monoisotopic (exact) mass is 270 g/mol. The minimum absolute atomic E-state index is 0.0393. The van der Waals surface area contributed by atoms with Gasteiger partial charge in [0.1, 0.15) is 5.82 Å². The molecular formula is C15H15FN4. The zero-order valence-corrected chi connectivity index (χ0v) is 10.8. The number of hydrogen-bond acceptors (Lipinski definition) is 4. The predicted octanol–water partition coefficient (Wildman–Crippen LogP) is 1.64. The first-order valence-corrected chi connectivity index (χ1v) is 6.48. The van der Waals surface area contributed by atoms with Gasteiger partial charge in [-0.2, -0.15) is 5.10 Å². The molecule has 1 aliphatic rings. The highest BCUT2D eigenvalue weighted by molar-refractivity contribution is 6.06. The number of rotatable bonds is 3. The van der Waals surface area contributed by atoms with Crippen LogP contribution in [0.1, 0.15) is 17.0 Å². The Morgan fingerprint density at radius 1 is 1.10 bits per heavy atom. The molecule has 20 heavy (non-hydrogen) atoms. The van der Waals surface area contributed by atoms with Gasteiger partial charge in [-0.3, -0.25) is 4.98 Å². The van der Waals surface area contributed by atoms with Gasteiger partial charge in [0.05, 0.1) is 17.7 Å². The third-order valence-corrected chi connectivity index (χ3v) is 3.51. The molecule has 0 saturated carbocycles. The second-order valence-corrected chi connectivity index (χ2v) is 4.73. The van der Waals surface area contributed by atoms with Gasteiger partial charge in [0.25, 0.3) is 0 Å². The van der Waals surface area contributed by atoms with Crippen molar-refractivity contribution >= 4 is 5.71 Å². The summed E-state index contributed by atoms with van der Waals surface area (Å²) in [5, 5.41) is 4.39. The summed E-state index contributed by atoms with van der Waals surface area (Å²) in [6.07, 6.45) is 3.51. The fourth-order valence-electron chi connectivity index (χ4n) is 2.50. The van der Waals surface area contributed by atoms with Crippen molar-refractivity contribution in [3.8, 4) is 0 Å². The minimum atomic E-state index is -0.254.